The third-order valence-corrected chi connectivity index (χ3v) is 2.68. The van der Waals surface area contributed by atoms with Crippen LogP contribution in [0, 0.1) is 17.0 Å². The van der Waals surface area contributed by atoms with Gasteiger partial charge in [0, 0.05) is 5.56 Å². The third-order valence-electron chi connectivity index (χ3n) is 2.68. The van der Waals surface area contributed by atoms with Crippen LogP contribution in [0.15, 0.2) is 23.4 Å². The quantitative estimate of drug-likeness (QED) is 0.496. The van der Waals surface area contributed by atoms with Crippen molar-refractivity contribution in [3.63, 3.8) is 0 Å². The topological polar surface area (TPSA) is 129 Å². The van der Waals surface area contributed by atoms with E-state index in [0.717, 1.165) is 6.07 Å². The van der Waals surface area contributed by atoms with Crippen molar-refractivity contribution in [2.24, 2.45) is 5.10 Å². The van der Waals surface area contributed by atoms with Gasteiger partial charge >= 0.3 is 5.69 Å². The molecule has 2 rings (SSSR count). The fraction of sp³-hybridized carbons (Fsp3) is 0.167. The second-order valence-corrected chi connectivity index (χ2v) is 4.17. The average molecular weight is 291 g/mol. The van der Waals surface area contributed by atoms with Crippen LogP contribution in [0.25, 0.3) is 0 Å². The molecule has 1 aromatic heterocycles. The largest absolute Gasteiger partial charge is 0.502 e. The van der Waals surface area contributed by atoms with Gasteiger partial charge in [0.25, 0.3) is 0 Å². The smallest absolute Gasteiger partial charge is 0.315 e. The Kier molecular flexibility index (Phi) is 3.74. The summed E-state index contributed by atoms with van der Waals surface area (Å²) in [6.45, 7) is 1.75. The van der Waals surface area contributed by atoms with Crippen LogP contribution >= 0.6 is 0 Å². The molecule has 0 saturated heterocycles. The first kappa shape index (κ1) is 14.3. The lowest BCUT2D eigenvalue weighted by atomic mass is 10.1. The number of aromatic nitrogens is 2. The summed E-state index contributed by atoms with van der Waals surface area (Å²) in [5, 5.41) is 24.8. The number of aryl methyl sites for hydroxylation is 1. The number of hydrogen-bond acceptors (Lipinski definition) is 7. The summed E-state index contributed by atoms with van der Waals surface area (Å²) in [6, 6.07) is 2.55. The summed E-state index contributed by atoms with van der Waals surface area (Å²) in [5.74, 6) is -0.101. The molecule has 21 heavy (non-hydrogen) atoms. The molecule has 9 nitrogen and oxygen atoms in total. The summed E-state index contributed by atoms with van der Waals surface area (Å²) in [6.07, 6.45) is 2.82. The van der Waals surface area contributed by atoms with E-state index >= 15 is 0 Å². The zero-order chi connectivity index (χ0) is 15.6. The summed E-state index contributed by atoms with van der Waals surface area (Å²) < 4.78 is 6.25. The van der Waals surface area contributed by atoms with E-state index < -0.39 is 16.4 Å². The first-order valence-corrected chi connectivity index (χ1v) is 5.83. The minimum Gasteiger partial charge on any atom is -0.502 e. The van der Waals surface area contributed by atoms with E-state index in [0.29, 0.717) is 5.69 Å². The normalized spacial score (nSPS) is 11.0. The first-order chi connectivity index (χ1) is 9.92. The molecule has 0 radical (unpaired) electrons. The van der Waals surface area contributed by atoms with Crippen molar-refractivity contribution in [3.8, 4) is 11.5 Å². The van der Waals surface area contributed by atoms with E-state index in [-0.39, 0.29) is 17.3 Å². The highest BCUT2D eigenvalue weighted by molar-refractivity contribution is 5.86. The summed E-state index contributed by atoms with van der Waals surface area (Å²) in [7, 11) is 1.37. The molecule has 0 spiro atoms. The molecule has 0 atom stereocenters. The fourth-order valence-corrected chi connectivity index (χ4v) is 1.69. The summed E-state index contributed by atoms with van der Waals surface area (Å²) in [5.41, 5.74) is 5.96. The average Bonchev–Trinajstić information content (AvgIpc) is 2.75. The number of nitro groups is 1. The highest BCUT2D eigenvalue weighted by Crippen LogP contribution is 2.33. The molecule has 0 fully saturated rings. The van der Waals surface area contributed by atoms with Crippen LogP contribution in [0.1, 0.15) is 11.3 Å². The number of phenolic OH excluding ortho intramolecular Hbond substituents is 1. The van der Waals surface area contributed by atoms with Gasteiger partial charge in [-0.1, -0.05) is 0 Å². The maximum Gasteiger partial charge on any atom is 0.315 e. The number of nitrogens with two attached hydrogens (primary N) is 1. The van der Waals surface area contributed by atoms with E-state index in [2.05, 4.69) is 10.1 Å². The molecule has 1 aromatic carbocycles. The predicted octanol–water partition coefficient (Wildman–Crippen LogP) is 1.28. The van der Waals surface area contributed by atoms with Crippen LogP contribution in [-0.2, 0) is 0 Å². The number of rotatable bonds is 4. The Morgan fingerprint density at radius 1 is 1.57 bits per heavy atom. The molecule has 0 aliphatic carbocycles. The number of imidazole rings is 1. The molecular formula is C12H13N5O4. The van der Waals surface area contributed by atoms with Crippen LogP contribution < -0.4 is 10.5 Å². The van der Waals surface area contributed by atoms with Crippen LogP contribution in [0.2, 0.25) is 0 Å². The number of benzene rings is 1. The molecule has 0 saturated carbocycles. The minimum absolute atomic E-state index is 0.131. The molecule has 110 valence electrons. The van der Waals surface area contributed by atoms with Gasteiger partial charge in [-0.15, -0.1) is 0 Å². The molecule has 3 N–H and O–H groups in total. The van der Waals surface area contributed by atoms with Crippen molar-refractivity contribution in [2.75, 3.05) is 12.8 Å². The molecule has 0 unspecified atom stereocenters. The number of nitro benzene ring substituents is 1. The van der Waals surface area contributed by atoms with Crippen LogP contribution in [0.5, 0.6) is 11.5 Å². The van der Waals surface area contributed by atoms with Gasteiger partial charge in [0.2, 0.25) is 11.7 Å². The zero-order valence-electron chi connectivity index (χ0n) is 11.3. The molecule has 1 heterocycles. The van der Waals surface area contributed by atoms with Crippen molar-refractivity contribution >= 4 is 17.9 Å². The Balaban J connectivity index is 2.46. The molecular weight excluding hydrogens is 278 g/mol. The highest BCUT2D eigenvalue weighted by atomic mass is 16.6. The van der Waals surface area contributed by atoms with Gasteiger partial charge in [-0.25, -0.2) is 9.66 Å². The molecule has 0 bridgehead atoms. The third kappa shape index (κ3) is 2.91. The summed E-state index contributed by atoms with van der Waals surface area (Å²) in [4.78, 5) is 14.1. The minimum atomic E-state index is -0.703. The van der Waals surface area contributed by atoms with Gasteiger partial charge in [-0.2, -0.15) is 5.10 Å². The second-order valence-electron chi connectivity index (χ2n) is 4.17. The Hall–Kier alpha value is -3.10. The fourth-order valence-electron chi connectivity index (χ4n) is 1.69. The number of ether oxygens (including phenoxy) is 1. The van der Waals surface area contributed by atoms with Crippen molar-refractivity contribution < 1.29 is 14.8 Å². The van der Waals surface area contributed by atoms with Gasteiger partial charge in [-0.3, -0.25) is 10.1 Å². The Morgan fingerprint density at radius 2 is 2.29 bits per heavy atom. The van der Waals surface area contributed by atoms with Gasteiger partial charge < -0.3 is 15.6 Å². The van der Waals surface area contributed by atoms with Crippen LogP contribution in [0.4, 0.5) is 11.6 Å². The standard InChI is InChI=1S/C12H13N5O4/c1-7-6-16(12(13)15-7)14-5-8-3-9(21-2)4-10(11(8)18)17(19)20/h3-6,18H,1-2H3,(H2,13,15). The highest BCUT2D eigenvalue weighted by Gasteiger charge is 2.18. The van der Waals surface area contributed by atoms with E-state index in [1.54, 1.807) is 13.1 Å². The number of anilines is 1. The van der Waals surface area contributed by atoms with Gasteiger partial charge in [0.15, 0.2) is 0 Å². The maximum absolute atomic E-state index is 10.9. The Morgan fingerprint density at radius 3 is 2.81 bits per heavy atom. The Bertz CT molecular complexity index is 723. The van der Waals surface area contributed by atoms with Crippen molar-refractivity contribution in [1.82, 2.24) is 9.66 Å². The number of nitrogen functional groups attached to an aromatic ring is 1. The number of phenols is 1. The lowest BCUT2D eigenvalue weighted by Crippen LogP contribution is -1.98. The predicted molar refractivity (Wildman–Crippen MR) is 75.7 cm³/mol. The van der Waals surface area contributed by atoms with Gasteiger partial charge in [-0.05, 0) is 13.0 Å². The van der Waals surface area contributed by atoms with Crippen molar-refractivity contribution in [1.29, 1.82) is 0 Å². The van der Waals surface area contributed by atoms with Gasteiger partial charge in [0.1, 0.15) is 5.75 Å². The second kappa shape index (κ2) is 5.49. The molecule has 9 heteroatoms. The lowest BCUT2D eigenvalue weighted by molar-refractivity contribution is -0.385. The lowest BCUT2D eigenvalue weighted by Gasteiger charge is -2.04. The SMILES string of the molecule is COc1cc(C=Nn2cc(C)nc2N)c(O)c([N+](=O)[O-])c1. The Labute approximate surface area is 119 Å². The number of methoxy groups -OCH3 is 1. The molecule has 0 aliphatic rings. The van der Waals surface area contributed by atoms with Gasteiger partial charge in [0.05, 0.1) is 36.2 Å². The number of hydrogen-bond donors (Lipinski definition) is 2. The number of nitrogens with zero attached hydrogens (tertiary/aromatic N) is 4. The zero-order valence-corrected chi connectivity index (χ0v) is 11.3. The van der Waals surface area contributed by atoms with E-state index in [4.69, 9.17) is 10.5 Å². The van der Waals surface area contributed by atoms with Crippen LogP contribution in [0.3, 0.4) is 0 Å². The maximum atomic E-state index is 10.9. The molecule has 0 amide bonds. The van der Waals surface area contributed by atoms with E-state index in [1.807, 2.05) is 0 Å². The van der Waals surface area contributed by atoms with Crippen molar-refractivity contribution in [2.45, 2.75) is 6.92 Å². The number of aromatic hydroxyl groups is 1. The molecule has 0 aliphatic heterocycles. The van der Waals surface area contributed by atoms with E-state index in [1.165, 1.54) is 24.1 Å². The summed E-state index contributed by atoms with van der Waals surface area (Å²) >= 11 is 0. The molecule has 2 aromatic rings. The van der Waals surface area contributed by atoms with Crippen molar-refractivity contribution in [3.05, 3.63) is 39.7 Å². The van der Waals surface area contributed by atoms with E-state index in [9.17, 15) is 15.2 Å². The monoisotopic (exact) mass is 291 g/mol. The van der Waals surface area contributed by atoms with Crippen LogP contribution in [-0.4, -0.2) is 33.0 Å². The first-order valence-electron chi connectivity index (χ1n) is 5.83.